The summed E-state index contributed by atoms with van der Waals surface area (Å²) >= 11 is 7.36. The van der Waals surface area contributed by atoms with Crippen LogP contribution in [-0.2, 0) is 16.1 Å². The molecule has 0 atom stereocenters. The first-order chi connectivity index (χ1) is 12.3. The molecule has 1 spiro atoms. The molecular weight excluding hydrogens is 376 g/mol. The monoisotopic (exact) mass is 398 g/mol. The van der Waals surface area contributed by atoms with Crippen LogP contribution in [0.5, 0.6) is 0 Å². The van der Waals surface area contributed by atoms with Crippen molar-refractivity contribution in [2.45, 2.75) is 44.7 Å². The lowest BCUT2D eigenvalue weighted by Crippen LogP contribution is -2.52. The zero-order valence-corrected chi connectivity index (χ0v) is 16.5. The van der Waals surface area contributed by atoms with Crippen LogP contribution < -0.4 is 10.7 Å². The van der Waals surface area contributed by atoms with Crippen LogP contribution in [0.4, 0.5) is 4.79 Å². The summed E-state index contributed by atoms with van der Waals surface area (Å²) in [5.74, 6) is -0.205. The summed E-state index contributed by atoms with van der Waals surface area (Å²) in [6.07, 6.45) is 3.01. The Balaban J connectivity index is 1.55. The second-order valence-electron chi connectivity index (χ2n) is 7.25. The zero-order chi connectivity index (χ0) is 18.9. The van der Waals surface area contributed by atoms with E-state index in [1.165, 1.54) is 11.3 Å². The Morgan fingerprint density at radius 1 is 1.42 bits per heavy atom. The molecule has 0 bridgehead atoms. The van der Waals surface area contributed by atoms with Gasteiger partial charge >= 0.3 is 6.03 Å². The van der Waals surface area contributed by atoms with Crippen LogP contribution in [-0.4, -0.2) is 46.9 Å². The molecule has 1 aromatic rings. The molecule has 3 rings (SSSR count). The van der Waals surface area contributed by atoms with Crippen LogP contribution in [0.25, 0.3) is 0 Å². The molecule has 1 saturated heterocycles. The van der Waals surface area contributed by atoms with Gasteiger partial charge in [0.05, 0.1) is 10.9 Å². The van der Waals surface area contributed by atoms with E-state index in [9.17, 15) is 14.4 Å². The summed E-state index contributed by atoms with van der Waals surface area (Å²) in [7, 11) is 1.79. The summed E-state index contributed by atoms with van der Waals surface area (Å²) in [4.78, 5) is 40.0. The Bertz CT molecular complexity index is 715. The molecule has 1 aliphatic carbocycles. The highest BCUT2D eigenvalue weighted by Gasteiger charge is 2.52. The lowest BCUT2D eigenvalue weighted by molar-refractivity contribution is -0.140. The zero-order valence-electron chi connectivity index (χ0n) is 14.9. The maximum absolute atomic E-state index is 12.7. The molecule has 2 aliphatic rings. The van der Waals surface area contributed by atoms with Gasteiger partial charge in [0.15, 0.2) is 0 Å². The van der Waals surface area contributed by atoms with Crippen molar-refractivity contribution in [2.75, 3.05) is 13.6 Å². The van der Waals surface area contributed by atoms with Crippen molar-refractivity contribution in [3.05, 3.63) is 21.3 Å². The van der Waals surface area contributed by atoms with Crippen LogP contribution >= 0.6 is 22.9 Å². The SMILES string of the molecule is CC1CCC2(CC1)NC(=O)N(NC(=O)CN(C)Cc1ccc(Cl)s1)C2=O. The van der Waals surface area contributed by atoms with Crippen LogP contribution in [0.3, 0.4) is 0 Å². The number of likely N-dealkylation sites (N-methyl/N-ethyl adjacent to an activating group) is 1. The van der Waals surface area contributed by atoms with Gasteiger partial charge < -0.3 is 5.32 Å². The second-order valence-corrected chi connectivity index (χ2v) is 9.05. The van der Waals surface area contributed by atoms with Gasteiger partial charge in [-0.3, -0.25) is 19.9 Å². The molecule has 7 nitrogen and oxygen atoms in total. The molecule has 26 heavy (non-hydrogen) atoms. The molecule has 2 fully saturated rings. The Kier molecular flexibility index (Phi) is 5.55. The van der Waals surface area contributed by atoms with E-state index < -0.39 is 17.5 Å². The van der Waals surface area contributed by atoms with Crippen molar-refractivity contribution in [2.24, 2.45) is 5.92 Å². The van der Waals surface area contributed by atoms with E-state index in [2.05, 4.69) is 17.7 Å². The molecule has 2 N–H and O–H groups in total. The molecule has 1 saturated carbocycles. The minimum atomic E-state index is -0.851. The Labute approximate surface area is 161 Å². The molecule has 2 heterocycles. The lowest BCUT2D eigenvalue weighted by atomic mass is 9.77. The standard InChI is InChI=1S/C17H23ClN4O3S/c1-11-5-7-17(8-6-11)15(24)22(16(25)19-17)20-14(23)10-21(2)9-12-3-4-13(18)26-12/h3-4,11H,5-10H2,1-2H3,(H,19,25)(H,20,23). The summed E-state index contributed by atoms with van der Waals surface area (Å²) < 4.78 is 0.698. The number of hydrazine groups is 1. The van der Waals surface area contributed by atoms with Crippen molar-refractivity contribution < 1.29 is 14.4 Å². The number of amides is 4. The summed E-state index contributed by atoms with van der Waals surface area (Å²) in [5, 5.41) is 3.63. The molecule has 4 amide bonds. The van der Waals surface area contributed by atoms with Crippen molar-refractivity contribution in [1.82, 2.24) is 20.7 Å². The third-order valence-corrected chi connectivity index (χ3v) is 6.21. The highest BCUT2D eigenvalue weighted by atomic mass is 35.5. The summed E-state index contributed by atoms with van der Waals surface area (Å²) in [6, 6.07) is 3.17. The normalized spacial score (nSPS) is 25.8. The molecule has 1 aliphatic heterocycles. The summed E-state index contributed by atoms with van der Waals surface area (Å²) in [5.41, 5.74) is 1.60. The average molecular weight is 399 g/mol. The molecule has 1 aromatic heterocycles. The number of nitrogens with one attached hydrogen (secondary N) is 2. The predicted octanol–water partition coefficient (Wildman–Crippen LogP) is 2.37. The Hall–Kier alpha value is -1.64. The molecule has 0 aromatic carbocycles. The number of carbonyl (C=O) groups excluding carboxylic acids is 3. The lowest BCUT2D eigenvalue weighted by Gasteiger charge is -2.33. The van der Waals surface area contributed by atoms with Crippen molar-refractivity contribution in [3.8, 4) is 0 Å². The van der Waals surface area contributed by atoms with Crippen molar-refractivity contribution >= 4 is 40.8 Å². The van der Waals surface area contributed by atoms with Crippen LogP contribution in [0.15, 0.2) is 12.1 Å². The van der Waals surface area contributed by atoms with E-state index in [0.29, 0.717) is 29.6 Å². The van der Waals surface area contributed by atoms with E-state index >= 15 is 0 Å². The van der Waals surface area contributed by atoms with Gasteiger partial charge in [-0.15, -0.1) is 11.3 Å². The van der Waals surface area contributed by atoms with Gasteiger partial charge in [0.1, 0.15) is 5.54 Å². The first-order valence-electron chi connectivity index (χ1n) is 8.68. The Morgan fingerprint density at radius 3 is 2.73 bits per heavy atom. The van der Waals surface area contributed by atoms with Gasteiger partial charge in [-0.05, 0) is 50.8 Å². The molecule has 0 radical (unpaired) electrons. The van der Waals surface area contributed by atoms with Gasteiger partial charge in [0.25, 0.3) is 11.8 Å². The molecule has 9 heteroatoms. The largest absolute Gasteiger partial charge is 0.344 e. The van der Waals surface area contributed by atoms with E-state index in [1.54, 1.807) is 11.9 Å². The van der Waals surface area contributed by atoms with Crippen molar-refractivity contribution in [3.63, 3.8) is 0 Å². The third kappa shape index (κ3) is 4.02. The number of imide groups is 1. The van der Waals surface area contributed by atoms with Crippen LogP contribution in [0, 0.1) is 5.92 Å². The molecule has 142 valence electrons. The minimum Gasteiger partial charge on any atom is -0.322 e. The van der Waals surface area contributed by atoms with Crippen molar-refractivity contribution in [1.29, 1.82) is 0 Å². The topological polar surface area (TPSA) is 81.8 Å². The van der Waals surface area contributed by atoms with Crippen LogP contribution in [0.2, 0.25) is 4.34 Å². The highest BCUT2D eigenvalue weighted by Crippen LogP contribution is 2.35. The number of rotatable bonds is 5. The van der Waals surface area contributed by atoms with E-state index in [0.717, 1.165) is 22.7 Å². The quantitative estimate of drug-likeness (QED) is 0.746. The van der Waals surface area contributed by atoms with Gasteiger partial charge in [-0.1, -0.05) is 18.5 Å². The average Bonchev–Trinajstić information content (AvgIpc) is 3.07. The predicted molar refractivity (Wildman–Crippen MR) is 99.5 cm³/mol. The van der Waals surface area contributed by atoms with Gasteiger partial charge in [-0.25, -0.2) is 4.79 Å². The number of hydrogen-bond acceptors (Lipinski definition) is 5. The first-order valence-corrected chi connectivity index (χ1v) is 9.87. The number of urea groups is 1. The van der Waals surface area contributed by atoms with Crippen LogP contribution in [0.1, 0.15) is 37.5 Å². The number of carbonyl (C=O) groups is 3. The first kappa shape index (κ1) is 19.1. The molecular formula is C17H23ClN4O3S. The van der Waals surface area contributed by atoms with E-state index in [1.807, 2.05) is 12.1 Å². The van der Waals surface area contributed by atoms with Gasteiger partial charge in [-0.2, -0.15) is 5.01 Å². The minimum absolute atomic E-state index is 0.0661. The number of nitrogens with zero attached hydrogens (tertiary/aromatic N) is 2. The third-order valence-electron chi connectivity index (χ3n) is 4.99. The highest BCUT2D eigenvalue weighted by molar-refractivity contribution is 7.16. The second kappa shape index (κ2) is 7.54. The smallest absolute Gasteiger partial charge is 0.322 e. The summed E-state index contributed by atoms with van der Waals surface area (Å²) in [6.45, 7) is 2.77. The van der Waals surface area contributed by atoms with Gasteiger partial charge in [0, 0.05) is 11.4 Å². The maximum atomic E-state index is 12.7. The van der Waals surface area contributed by atoms with Gasteiger partial charge in [0.2, 0.25) is 0 Å². The number of thiophene rings is 1. The fourth-order valence-corrected chi connectivity index (χ4v) is 4.65. The van der Waals surface area contributed by atoms with E-state index in [-0.39, 0.29) is 12.5 Å². The fraction of sp³-hybridized carbons (Fsp3) is 0.588. The molecule has 0 unspecified atom stereocenters. The Morgan fingerprint density at radius 2 is 2.12 bits per heavy atom. The number of halogens is 1. The van der Waals surface area contributed by atoms with E-state index in [4.69, 9.17) is 11.6 Å². The maximum Gasteiger partial charge on any atom is 0.344 e. The fourth-order valence-electron chi connectivity index (χ4n) is 3.48. The number of hydrogen-bond donors (Lipinski definition) is 2.